The molecule has 1 amide bonds. The maximum Gasteiger partial charge on any atom is 0.339 e. The van der Waals surface area contributed by atoms with Crippen molar-refractivity contribution in [2.45, 2.75) is 52.2 Å². The van der Waals surface area contributed by atoms with E-state index in [4.69, 9.17) is 14.3 Å². The fourth-order valence-electron chi connectivity index (χ4n) is 2.97. The van der Waals surface area contributed by atoms with Gasteiger partial charge in [-0.3, -0.25) is 4.79 Å². The van der Waals surface area contributed by atoms with Crippen molar-refractivity contribution >= 4 is 11.9 Å². The van der Waals surface area contributed by atoms with Gasteiger partial charge in [-0.2, -0.15) is 0 Å². The third kappa shape index (κ3) is 4.58. The van der Waals surface area contributed by atoms with Gasteiger partial charge in [0, 0.05) is 7.05 Å². The maximum absolute atomic E-state index is 12.2. The van der Waals surface area contributed by atoms with Crippen molar-refractivity contribution in [2.24, 2.45) is 5.92 Å². The van der Waals surface area contributed by atoms with Crippen LogP contribution >= 0.6 is 0 Å². The molecule has 1 aliphatic rings. The number of hydrogen-bond acceptors (Lipinski definition) is 4. The summed E-state index contributed by atoms with van der Waals surface area (Å²) in [7, 11) is 1.66. The average molecular weight is 323 g/mol. The fourth-order valence-corrected chi connectivity index (χ4v) is 2.97. The smallest absolute Gasteiger partial charge is 0.339 e. The topological polar surface area (TPSA) is 80.0 Å². The van der Waals surface area contributed by atoms with E-state index in [1.807, 2.05) is 0 Å². The van der Waals surface area contributed by atoms with E-state index in [0.29, 0.717) is 17.4 Å². The third-order valence-corrected chi connectivity index (χ3v) is 4.47. The van der Waals surface area contributed by atoms with Crippen LogP contribution in [0.3, 0.4) is 0 Å². The number of aryl methyl sites for hydroxylation is 1. The molecule has 6 heteroatoms. The number of carboxylic acids is 1. The standard InChI is InChI=1S/C17H25NO5/c1-11-6-4-5-7-15(11)22-10-16(19)18(3)9-13-8-14(17(20)21)12(2)23-13/h8,11,15H,4-7,9-10H2,1-3H3,(H,20,21). The summed E-state index contributed by atoms with van der Waals surface area (Å²) in [6, 6.07) is 1.46. The molecule has 1 aliphatic carbocycles. The highest BCUT2D eigenvalue weighted by Gasteiger charge is 2.23. The first-order chi connectivity index (χ1) is 10.9. The van der Waals surface area contributed by atoms with Crippen LogP contribution < -0.4 is 0 Å². The van der Waals surface area contributed by atoms with Crippen LogP contribution in [0.2, 0.25) is 0 Å². The van der Waals surface area contributed by atoms with Gasteiger partial charge in [-0.05, 0) is 31.7 Å². The minimum atomic E-state index is -1.03. The van der Waals surface area contributed by atoms with Crippen LogP contribution in [0.25, 0.3) is 0 Å². The Morgan fingerprint density at radius 1 is 1.39 bits per heavy atom. The summed E-state index contributed by atoms with van der Waals surface area (Å²) < 4.78 is 11.2. The Hall–Kier alpha value is -1.82. The summed E-state index contributed by atoms with van der Waals surface area (Å²) in [6.07, 6.45) is 4.71. The molecule has 6 nitrogen and oxygen atoms in total. The molecule has 0 saturated heterocycles. The Kier molecular flexibility index (Phi) is 5.82. The van der Waals surface area contributed by atoms with Crippen LogP contribution in [0.1, 0.15) is 54.5 Å². The lowest BCUT2D eigenvalue weighted by Crippen LogP contribution is -2.34. The molecule has 2 unspecified atom stereocenters. The van der Waals surface area contributed by atoms with E-state index in [1.54, 1.807) is 14.0 Å². The summed E-state index contributed by atoms with van der Waals surface area (Å²) >= 11 is 0. The second kappa shape index (κ2) is 7.64. The van der Waals surface area contributed by atoms with Gasteiger partial charge in [0.1, 0.15) is 23.7 Å². The monoisotopic (exact) mass is 323 g/mol. The highest BCUT2D eigenvalue weighted by molar-refractivity contribution is 5.88. The summed E-state index contributed by atoms with van der Waals surface area (Å²) in [6.45, 7) is 4.05. The Morgan fingerprint density at radius 2 is 2.09 bits per heavy atom. The number of rotatable bonds is 6. The number of aromatic carboxylic acids is 1. The largest absolute Gasteiger partial charge is 0.478 e. The second-order valence-corrected chi connectivity index (χ2v) is 6.35. The SMILES string of the molecule is Cc1oc(CN(C)C(=O)COC2CCCCC2C)cc1C(=O)O. The van der Waals surface area contributed by atoms with E-state index < -0.39 is 5.97 Å². The van der Waals surface area contributed by atoms with Crippen molar-refractivity contribution in [1.82, 2.24) is 4.90 Å². The first kappa shape index (κ1) is 17.5. The van der Waals surface area contributed by atoms with Crippen LogP contribution in [-0.4, -0.2) is 41.6 Å². The first-order valence-corrected chi connectivity index (χ1v) is 8.06. The minimum absolute atomic E-state index is 0.0526. The Bertz CT molecular complexity index is 565. The number of likely N-dealkylation sites (N-methyl/N-ethyl adjacent to an activating group) is 1. The summed E-state index contributed by atoms with van der Waals surface area (Å²) in [5.41, 5.74) is 0.133. The molecule has 1 saturated carbocycles. The third-order valence-electron chi connectivity index (χ3n) is 4.47. The van der Waals surface area contributed by atoms with E-state index in [0.717, 1.165) is 19.3 Å². The molecule has 1 heterocycles. The van der Waals surface area contributed by atoms with Crippen molar-refractivity contribution in [2.75, 3.05) is 13.7 Å². The summed E-state index contributed by atoms with van der Waals surface area (Å²) in [4.78, 5) is 24.7. The fraction of sp³-hybridized carbons (Fsp3) is 0.647. The molecule has 2 atom stereocenters. The number of carboxylic acid groups (broad SMARTS) is 1. The van der Waals surface area contributed by atoms with Crippen molar-refractivity contribution in [3.05, 3.63) is 23.2 Å². The zero-order valence-electron chi connectivity index (χ0n) is 14.0. The molecular weight excluding hydrogens is 298 g/mol. The number of hydrogen-bond donors (Lipinski definition) is 1. The Balaban J connectivity index is 1.85. The van der Waals surface area contributed by atoms with Crippen molar-refractivity contribution in [3.63, 3.8) is 0 Å². The molecule has 2 rings (SSSR count). The van der Waals surface area contributed by atoms with Gasteiger partial charge in [0.2, 0.25) is 5.91 Å². The van der Waals surface area contributed by atoms with Gasteiger partial charge in [-0.25, -0.2) is 4.79 Å². The molecule has 0 aliphatic heterocycles. The lowest BCUT2D eigenvalue weighted by Gasteiger charge is -2.29. The molecule has 0 aromatic carbocycles. The Labute approximate surface area is 136 Å². The van der Waals surface area contributed by atoms with Crippen LogP contribution in [0.4, 0.5) is 0 Å². The lowest BCUT2D eigenvalue weighted by molar-refractivity contribution is -0.139. The number of amides is 1. The predicted molar refractivity (Wildman–Crippen MR) is 84.3 cm³/mol. The van der Waals surface area contributed by atoms with E-state index >= 15 is 0 Å². The lowest BCUT2D eigenvalue weighted by atomic mass is 9.88. The van der Waals surface area contributed by atoms with Crippen LogP contribution in [0, 0.1) is 12.8 Å². The summed E-state index contributed by atoms with van der Waals surface area (Å²) in [5.74, 6) is 0.143. The molecule has 0 bridgehead atoms. The number of carbonyl (C=O) groups is 2. The van der Waals surface area contributed by atoms with E-state index in [1.165, 1.54) is 17.4 Å². The van der Waals surface area contributed by atoms with Gasteiger partial charge in [0.15, 0.2) is 0 Å². The number of carbonyl (C=O) groups excluding carboxylic acids is 1. The molecule has 128 valence electrons. The maximum atomic E-state index is 12.2. The van der Waals surface area contributed by atoms with Gasteiger partial charge in [-0.1, -0.05) is 19.8 Å². The zero-order valence-corrected chi connectivity index (χ0v) is 14.0. The molecule has 1 aromatic heterocycles. The molecule has 0 spiro atoms. The van der Waals surface area contributed by atoms with Gasteiger partial charge in [0.05, 0.1) is 12.6 Å². The predicted octanol–water partition coefficient (Wildman–Crippen LogP) is 2.84. The highest BCUT2D eigenvalue weighted by atomic mass is 16.5. The number of nitrogens with zero attached hydrogens (tertiary/aromatic N) is 1. The van der Waals surface area contributed by atoms with Crippen molar-refractivity contribution in [1.29, 1.82) is 0 Å². The van der Waals surface area contributed by atoms with Crippen LogP contribution in [0.5, 0.6) is 0 Å². The normalized spacial score (nSPS) is 21.2. The molecule has 1 N–H and O–H groups in total. The molecule has 23 heavy (non-hydrogen) atoms. The molecule has 1 fully saturated rings. The minimum Gasteiger partial charge on any atom is -0.478 e. The number of furan rings is 1. The van der Waals surface area contributed by atoms with Crippen molar-refractivity contribution < 1.29 is 23.8 Å². The molecular formula is C17H25NO5. The van der Waals surface area contributed by atoms with Crippen LogP contribution in [0.15, 0.2) is 10.5 Å². The zero-order chi connectivity index (χ0) is 17.0. The first-order valence-electron chi connectivity index (χ1n) is 8.06. The van der Waals surface area contributed by atoms with Gasteiger partial charge in [-0.15, -0.1) is 0 Å². The highest BCUT2D eigenvalue weighted by Crippen LogP contribution is 2.26. The van der Waals surface area contributed by atoms with E-state index in [2.05, 4.69) is 6.92 Å². The summed E-state index contributed by atoms with van der Waals surface area (Å²) in [5, 5.41) is 9.02. The van der Waals surface area contributed by atoms with Gasteiger partial charge < -0.3 is 19.2 Å². The van der Waals surface area contributed by atoms with E-state index in [9.17, 15) is 9.59 Å². The van der Waals surface area contributed by atoms with Crippen LogP contribution in [-0.2, 0) is 16.1 Å². The molecule has 1 aromatic rings. The van der Waals surface area contributed by atoms with Gasteiger partial charge in [0.25, 0.3) is 0 Å². The van der Waals surface area contributed by atoms with Gasteiger partial charge >= 0.3 is 5.97 Å². The van der Waals surface area contributed by atoms with E-state index in [-0.39, 0.29) is 30.7 Å². The quantitative estimate of drug-likeness (QED) is 0.870. The Morgan fingerprint density at radius 3 is 2.70 bits per heavy atom. The number of ether oxygens (including phenoxy) is 1. The second-order valence-electron chi connectivity index (χ2n) is 6.35. The molecule has 0 radical (unpaired) electrons. The average Bonchev–Trinajstić information content (AvgIpc) is 2.86. The van der Waals surface area contributed by atoms with Crippen molar-refractivity contribution in [3.8, 4) is 0 Å².